The predicted molar refractivity (Wildman–Crippen MR) is 62.0 cm³/mol. The first-order valence-corrected chi connectivity index (χ1v) is 6.27. The highest BCUT2D eigenvalue weighted by Crippen LogP contribution is 2.19. The lowest BCUT2D eigenvalue weighted by Gasteiger charge is -2.32. The molecule has 0 saturated carbocycles. The predicted octanol–water partition coefficient (Wildman–Crippen LogP) is 1.51. The Kier molecular flexibility index (Phi) is 6.98. The van der Waals surface area contributed by atoms with E-state index in [2.05, 4.69) is 4.90 Å². The summed E-state index contributed by atoms with van der Waals surface area (Å²) in [5.74, 6) is 0.718. The summed E-state index contributed by atoms with van der Waals surface area (Å²) in [4.78, 5) is 2.52. The second kappa shape index (κ2) is 8.08. The Bertz CT molecular complexity index is 151. The first kappa shape index (κ1) is 12.9. The van der Waals surface area contributed by atoms with Crippen LogP contribution >= 0.6 is 0 Å². The van der Waals surface area contributed by atoms with Gasteiger partial charge in [-0.05, 0) is 45.1 Å². The minimum atomic E-state index is 0.345. The number of nitrogens with zero attached hydrogens (tertiary/aromatic N) is 1. The maximum absolute atomic E-state index is 8.91. The Morgan fingerprint density at radius 2 is 2.33 bits per heavy atom. The van der Waals surface area contributed by atoms with Crippen molar-refractivity contribution in [1.29, 1.82) is 0 Å². The fraction of sp³-hybridized carbons (Fsp3) is 1.00. The molecular weight excluding hydrogens is 190 g/mol. The lowest BCUT2D eigenvalue weighted by Crippen LogP contribution is -2.36. The van der Waals surface area contributed by atoms with E-state index in [1.807, 2.05) is 6.92 Å². The number of likely N-dealkylation sites (tertiary alicyclic amines) is 1. The van der Waals surface area contributed by atoms with Crippen LogP contribution in [0.5, 0.6) is 0 Å². The van der Waals surface area contributed by atoms with Crippen molar-refractivity contribution in [3.05, 3.63) is 0 Å². The zero-order valence-electron chi connectivity index (χ0n) is 9.95. The topological polar surface area (TPSA) is 32.7 Å². The van der Waals surface area contributed by atoms with Gasteiger partial charge in [-0.1, -0.05) is 0 Å². The van der Waals surface area contributed by atoms with Crippen molar-refractivity contribution in [1.82, 2.24) is 4.90 Å². The summed E-state index contributed by atoms with van der Waals surface area (Å²) in [6.07, 6.45) is 4.70. The molecule has 90 valence electrons. The van der Waals surface area contributed by atoms with E-state index in [0.717, 1.165) is 38.5 Å². The molecule has 0 aromatic carbocycles. The zero-order chi connectivity index (χ0) is 10.9. The molecule has 0 aliphatic carbocycles. The van der Waals surface area contributed by atoms with Gasteiger partial charge in [0.2, 0.25) is 0 Å². The minimum Gasteiger partial charge on any atom is -0.396 e. The molecule has 0 aromatic rings. The Balaban J connectivity index is 2.07. The highest BCUT2D eigenvalue weighted by Gasteiger charge is 2.18. The van der Waals surface area contributed by atoms with E-state index in [9.17, 15) is 0 Å². The van der Waals surface area contributed by atoms with Crippen LogP contribution in [0.4, 0.5) is 0 Å². The third kappa shape index (κ3) is 5.50. The monoisotopic (exact) mass is 215 g/mol. The Morgan fingerprint density at radius 3 is 3.07 bits per heavy atom. The number of aliphatic hydroxyl groups excluding tert-OH is 1. The molecule has 0 spiro atoms. The van der Waals surface area contributed by atoms with Gasteiger partial charge in [0, 0.05) is 32.9 Å². The van der Waals surface area contributed by atoms with Crippen LogP contribution in [0.1, 0.15) is 32.6 Å². The van der Waals surface area contributed by atoms with Crippen LogP contribution in [-0.4, -0.2) is 49.5 Å². The van der Waals surface area contributed by atoms with Crippen LogP contribution < -0.4 is 0 Å². The van der Waals surface area contributed by atoms with Crippen molar-refractivity contribution >= 4 is 0 Å². The lowest BCUT2D eigenvalue weighted by molar-refractivity contribution is 0.111. The van der Waals surface area contributed by atoms with Gasteiger partial charge >= 0.3 is 0 Å². The molecule has 1 atom stereocenters. The number of aliphatic hydroxyl groups is 1. The molecule has 0 amide bonds. The van der Waals surface area contributed by atoms with E-state index < -0.39 is 0 Å². The zero-order valence-corrected chi connectivity index (χ0v) is 9.95. The lowest BCUT2D eigenvalue weighted by atomic mass is 9.95. The molecular formula is C12H25NO2. The maximum atomic E-state index is 8.91. The molecule has 1 heterocycles. The maximum Gasteiger partial charge on any atom is 0.0478 e. The Morgan fingerprint density at radius 1 is 1.47 bits per heavy atom. The Labute approximate surface area is 93.4 Å². The van der Waals surface area contributed by atoms with Crippen LogP contribution in [0, 0.1) is 5.92 Å². The largest absolute Gasteiger partial charge is 0.396 e. The molecule has 1 aliphatic rings. The van der Waals surface area contributed by atoms with Gasteiger partial charge in [-0.25, -0.2) is 0 Å². The van der Waals surface area contributed by atoms with Gasteiger partial charge in [0.15, 0.2) is 0 Å². The van der Waals surface area contributed by atoms with Crippen LogP contribution in [-0.2, 0) is 4.74 Å². The highest BCUT2D eigenvalue weighted by molar-refractivity contribution is 4.72. The molecule has 1 fully saturated rings. The average molecular weight is 215 g/mol. The molecule has 1 saturated heterocycles. The molecule has 0 radical (unpaired) electrons. The number of piperidine rings is 1. The Hall–Kier alpha value is -0.120. The van der Waals surface area contributed by atoms with E-state index >= 15 is 0 Å². The molecule has 1 N–H and O–H groups in total. The van der Waals surface area contributed by atoms with Crippen molar-refractivity contribution in [3.8, 4) is 0 Å². The van der Waals surface area contributed by atoms with Crippen molar-refractivity contribution in [2.45, 2.75) is 32.6 Å². The summed E-state index contributed by atoms with van der Waals surface area (Å²) in [5, 5.41) is 8.91. The van der Waals surface area contributed by atoms with Crippen molar-refractivity contribution in [3.63, 3.8) is 0 Å². The third-order valence-corrected chi connectivity index (χ3v) is 3.11. The van der Waals surface area contributed by atoms with Gasteiger partial charge in [0.05, 0.1) is 0 Å². The minimum absolute atomic E-state index is 0.345. The summed E-state index contributed by atoms with van der Waals surface area (Å²) in [6.45, 7) is 7.66. The summed E-state index contributed by atoms with van der Waals surface area (Å²) < 4.78 is 5.33. The molecule has 1 rings (SSSR count). The van der Waals surface area contributed by atoms with Gasteiger partial charge in [-0.2, -0.15) is 0 Å². The fourth-order valence-electron chi connectivity index (χ4n) is 2.31. The number of ether oxygens (including phenoxy) is 1. The normalized spacial score (nSPS) is 23.2. The van der Waals surface area contributed by atoms with Crippen molar-refractivity contribution < 1.29 is 9.84 Å². The van der Waals surface area contributed by atoms with E-state index in [0.29, 0.717) is 6.61 Å². The summed E-state index contributed by atoms with van der Waals surface area (Å²) in [5.41, 5.74) is 0. The first-order valence-electron chi connectivity index (χ1n) is 6.27. The highest BCUT2D eigenvalue weighted by atomic mass is 16.5. The first-order chi connectivity index (χ1) is 7.36. The van der Waals surface area contributed by atoms with Gasteiger partial charge in [0.25, 0.3) is 0 Å². The number of hydrogen-bond acceptors (Lipinski definition) is 3. The molecule has 0 bridgehead atoms. The van der Waals surface area contributed by atoms with Crippen LogP contribution in [0.15, 0.2) is 0 Å². The van der Waals surface area contributed by atoms with Crippen LogP contribution in [0.25, 0.3) is 0 Å². The second-order valence-corrected chi connectivity index (χ2v) is 4.37. The van der Waals surface area contributed by atoms with Gasteiger partial charge < -0.3 is 14.7 Å². The SMILES string of the molecule is CCOCCCN1CCCC(CCO)C1. The van der Waals surface area contributed by atoms with Crippen molar-refractivity contribution in [2.24, 2.45) is 5.92 Å². The standard InChI is InChI=1S/C12H25NO2/c1-2-15-10-4-8-13-7-3-5-12(11-13)6-9-14/h12,14H,2-11H2,1H3. The molecule has 15 heavy (non-hydrogen) atoms. The third-order valence-electron chi connectivity index (χ3n) is 3.11. The molecule has 1 aliphatic heterocycles. The van der Waals surface area contributed by atoms with E-state index in [4.69, 9.17) is 9.84 Å². The van der Waals surface area contributed by atoms with Gasteiger partial charge in [-0.15, -0.1) is 0 Å². The van der Waals surface area contributed by atoms with E-state index in [1.54, 1.807) is 0 Å². The molecule has 0 aromatic heterocycles. The molecule has 1 unspecified atom stereocenters. The number of rotatable bonds is 7. The summed E-state index contributed by atoms with van der Waals surface area (Å²) >= 11 is 0. The van der Waals surface area contributed by atoms with E-state index in [1.165, 1.54) is 25.9 Å². The summed E-state index contributed by atoms with van der Waals surface area (Å²) in [7, 11) is 0. The van der Waals surface area contributed by atoms with Crippen molar-refractivity contribution in [2.75, 3.05) is 39.5 Å². The average Bonchev–Trinajstić information content (AvgIpc) is 2.26. The van der Waals surface area contributed by atoms with E-state index in [-0.39, 0.29) is 0 Å². The molecule has 3 nitrogen and oxygen atoms in total. The fourth-order valence-corrected chi connectivity index (χ4v) is 2.31. The van der Waals surface area contributed by atoms with Gasteiger partial charge in [0.1, 0.15) is 0 Å². The molecule has 3 heteroatoms. The number of hydrogen-bond donors (Lipinski definition) is 1. The van der Waals surface area contributed by atoms with Crippen LogP contribution in [0.3, 0.4) is 0 Å². The van der Waals surface area contributed by atoms with Gasteiger partial charge in [-0.3, -0.25) is 0 Å². The second-order valence-electron chi connectivity index (χ2n) is 4.37. The summed E-state index contributed by atoms with van der Waals surface area (Å²) in [6, 6.07) is 0. The smallest absolute Gasteiger partial charge is 0.0478 e. The quantitative estimate of drug-likeness (QED) is 0.653. The van der Waals surface area contributed by atoms with Crippen LogP contribution in [0.2, 0.25) is 0 Å².